The monoisotopic (exact) mass is 706 g/mol. The minimum Gasteiger partial charge on any atom is -0.497 e. The van der Waals surface area contributed by atoms with Crippen molar-refractivity contribution in [3.05, 3.63) is 105 Å². The number of carbonyl (C=O) groups excluding carboxylic acids is 1. The SMILES string of the molecule is COc1ccc(C(C)(C)[C@@H]2[C@@H](CCn3cc(CCO)nn3)O[C@]3(C(=O)N(Cc4ccc(I)cc4)c4ccccc43)[C@H]2C)cc1. The van der Waals surface area contributed by atoms with Crippen LogP contribution in [0.1, 0.15) is 49.6 Å². The van der Waals surface area contributed by atoms with Crippen molar-refractivity contribution < 1.29 is 19.4 Å². The first-order valence-corrected chi connectivity index (χ1v) is 16.2. The van der Waals surface area contributed by atoms with E-state index in [2.05, 4.69) is 96.1 Å². The Hall–Kier alpha value is -3.28. The van der Waals surface area contributed by atoms with Gasteiger partial charge in [-0.05, 0) is 75.9 Å². The van der Waals surface area contributed by atoms with Crippen LogP contribution in [0.15, 0.2) is 79.0 Å². The first-order chi connectivity index (χ1) is 21.2. The van der Waals surface area contributed by atoms with Crippen LogP contribution in [0.4, 0.5) is 5.69 Å². The van der Waals surface area contributed by atoms with Gasteiger partial charge in [-0.1, -0.05) is 68.4 Å². The number of carbonyl (C=O) groups is 1. The molecule has 1 N–H and O–H groups in total. The van der Waals surface area contributed by atoms with E-state index in [-0.39, 0.29) is 35.9 Å². The van der Waals surface area contributed by atoms with E-state index in [0.717, 1.165) is 31.8 Å². The van der Waals surface area contributed by atoms with Gasteiger partial charge in [-0.3, -0.25) is 9.48 Å². The van der Waals surface area contributed by atoms with E-state index in [9.17, 15) is 9.90 Å². The second-order valence-corrected chi connectivity index (χ2v) is 13.7. The Morgan fingerprint density at radius 2 is 1.80 bits per heavy atom. The third-order valence-corrected chi connectivity index (χ3v) is 10.3. The smallest absolute Gasteiger partial charge is 0.264 e. The predicted molar refractivity (Wildman–Crippen MR) is 177 cm³/mol. The van der Waals surface area contributed by atoms with Crippen molar-refractivity contribution in [1.29, 1.82) is 0 Å². The number of para-hydroxylation sites is 1. The van der Waals surface area contributed by atoms with Crippen molar-refractivity contribution in [2.45, 2.75) is 63.8 Å². The maximum Gasteiger partial charge on any atom is 0.264 e. The predicted octanol–water partition coefficient (Wildman–Crippen LogP) is 5.89. The molecule has 4 aromatic rings. The molecule has 0 aliphatic carbocycles. The Balaban J connectivity index is 1.39. The molecular weight excluding hydrogens is 667 g/mol. The first-order valence-electron chi connectivity index (χ1n) is 15.2. The average Bonchev–Trinajstić information content (AvgIpc) is 3.67. The van der Waals surface area contributed by atoms with Gasteiger partial charge in [0.05, 0.1) is 31.1 Å². The zero-order valence-electron chi connectivity index (χ0n) is 25.6. The van der Waals surface area contributed by atoms with Crippen LogP contribution in [-0.2, 0) is 40.1 Å². The van der Waals surface area contributed by atoms with Crippen LogP contribution in [0.3, 0.4) is 0 Å². The molecule has 6 rings (SSSR count). The first kappa shape index (κ1) is 30.7. The summed E-state index contributed by atoms with van der Waals surface area (Å²) in [7, 11) is 1.67. The zero-order chi connectivity index (χ0) is 31.1. The number of anilines is 1. The van der Waals surface area contributed by atoms with Gasteiger partial charge in [0.1, 0.15) is 5.75 Å². The highest BCUT2D eigenvalue weighted by Crippen LogP contribution is 2.59. The molecule has 230 valence electrons. The van der Waals surface area contributed by atoms with E-state index in [0.29, 0.717) is 25.9 Å². The van der Waals surface area contributed by atoms with E-state index >= 15 is 0 Å². The zero-order valence-corrected chi connectivity index (χ0v) is 27.8. The molecule has 2 aliphatic rings. The number of amides is 1. The fourth-order valence-electron chi connectivity index (χ4n) is 7.40. The lowest BCUT2D eigenvalue weighted by Gasteiger charge is -2.38. The quantitative estimate of drug-likeness (QED) is 0.207. The number of rotatable bonds is 10. The van der Waals surface area contributed by atoms with Crippen LogP contribution >= 0.6 is 22.6 Å². The van der Waals surface area contributed by atoms with Crippen LogP contribution in [0.2, 0.25) is 0 Å². The number of aromatic nitrogens is 3. The van der Waals surface area contributed by atoms with Gasteiger partial charge in [-0.25, -0.2) is 0 Å². The Morgan fingerprint density at radius 3 is 2.50 bits per heavy atom. The highest BCUT2D eigenvalue weighted by molar-refractivity contribution is 14.1. The molecule has 4 atom stereocenters. The highest BCUT2D eigenvalue weighted by Gasteiger charge is 2.65. The van der Waals surface area contributed by atoms with E-state index < -0.39 is 5.60 Å². The van der Waals surface area contributed by atoms with Crippen LogP contribution in [0.25, 0.3) is 0 Å². The number of aliphatic hydroxyl groups excluding tert-OH is 1. The molecule has 3 heterocycles. The summed E-state index contributed by atoms with van der Waals surface area (Å²) in [5, 5.41) is 17.8. The number of fused-ring (bicyclic) bond motifs is 2. The second-order valence-electron chi connectivity index (χ2n) is 12.4. The molecule has 0 bridgehead atoms. The second kappa shape index (κ2) is 12.3. The van der Waals surface area contributed by atoms with Crippen LogP contribution in [-0.4, -0.2) is 45.8 Å². The van der Waals surface area contributed by atoms with Crippen molar-refractivity contribution in [1.82, 2.24) is 15.0 Å². The van der Waals surface area contributed by atoms with Crippen LogP contribution in [0, 0.1) is 15.4 Å². The number of hydrogen-bond acceptors (Lipinski definition) is 6. The molecular formula is C35H39IN4O4. The van der Waals surface area contributed by atoms with E-state index in [1.807, 2.05) is 46.1 Å². The van der Waals surface area contributed by atoms with Gasteiger partial charge >= 0.3 is 0 Å². The molecule has 0 saturated carbocycles. The van der Waals surface area contributed by atoms with Gasteiger partial charge in [0, 0.05) is 46.7 Å². The fourth-order valence-corrected chi connectivity index (χ4v) is 7.76. The topological polar surface area (TPSA) is 89.7 Å². The summed E-state index contributed by atoms with van der Waals surface area (Å²) in [6.07, 6.45) is 2.77. The van der Waals surface area contributed by atoms with Gasteiger partial charge in [0.15, 0.2) is 5.60 Å². The number of methoxy groups -OCH3 is 1. The van der Waals surface area contributed by atoms with Crippen molar-refractivity contribution in [2.24, 2.45) is 11.8 Å². The average molecular weight is 707 g/mol. The third kappa shape index (κ3) is 5.32. The van der Waals surface area contributed by atoms with E-state index in [1.54, 1.807) is 7.11 Å². The fraction of sp³-hybridized carbons (Fsp3) is 0.400. The lowest BCUT2D eigenvalue weighted by molar-refractivity contribution is -0.146. The molecule has 9 heteroatoms. The number of aryl methyl sites for hydroxylation is 1. The summed E-state index contributed by atoms with van der Waals surface area (Å²) < 4.78 is 15.6. The summed E-state index contributed by atoms with van der Waals surface area (Å²) in [4.78, 5) is 16.7. The van der Waals surface area contributed by atoms with Crippen molar-refractivity contribution in [3.63, 3.8) is 0 Å². The van der Waals surface area contributed by atoms with Gasteiger partial charge in [-0.2, -0.15) is 0 Å². The molecule has 8 nitrogen and oxygen atoms in total. The van der Waals surface area contributed by atoms with Crippen molar-refractivity contribution in [3.8, 4) is 5.75 Å². The maximum atomic E-state index is 14.8. The minimum atomic E-state index is -1.11. The lowest BCUT2D eigenvalue weighted by Crippen LogP contribution is -2.45. The number of ether oxygens (including phenoxy) is 2. The normalized spacial score (nSPS) is 23.0. The number of aliphatic hydroxyl groups is 1. The van der Waals surface area contributed by atoms with Gasteiger partial charge in [0.25, 0.3) is 5.91 Å². The molecule has 1 spiro atoms. The van der Waals surface area contributed by atoms with Gasteiger partial charge in [0.2, 0.25) is 0 Å². The van der Waals surface area contributed by atoms with Crippen molar-refractivity contribution in [2.75, 3.05) is 18.6 Å². The standard InChI is InChI=1S/C35H39IN4O4/c1-23-32(34(2,3)25-11-15-28(43-4)16-12-25)31(17-19-39-22-27(18-20-41)37-38-39)44-35(23)29-7-5-6-8-30(29)40(33(35)42)21-24-9-13-26(36)14-10-24/h5-16,22-23,31-32,41H,17-21H2,1-4H3/t23-,31+,32-,35+/m0/s1. The molecule has 0 radical (unpaired) electrons. The Bertz CT molecular complexity index is 1620. The summed E-state index contributed by atoms with van der Waals surface area (Å²) in [5.41, 5.74) is 3.41. The minimum absolute atomic E-state index is 0.00577. The number of hydrogen-bond donors (Lipinski definition) is 1. The number of benzene rings is 3. The number of halogens is 1. The molecule has 44 heavy (non-hydrogen) atoms. The summed E-state index contributed by atoms with van der Waals surface area (Å²) in [5.74, 6) is 0.685. The van der Waals surface area contributed by atoms with Gasteiger partial charge in [-0.15, -0.1) is 5.10 Å². The largest absolute Gasteiger partial charge is 0.497 e. The molecule has 2 aliphatic heterocycles. The maximum absolute atomic E-state index is 14.8. The molecule has 1 amide bonds. The molecule has 3 aromatic carbocycles. The highest BCUT2D eigenvalue weighted by atomic mass is 127. The van der Waals surface area contributed by atoms with E-state index in [4.69, 9.17) is 9.47 Å². The lowest BCUT2D eigenvalue weighted by atomic mass is 9.63. The third-order valence-electron chi connectivity index (χ3n) is 9.59. The molecule has 0 unspecified atom stereocenters. The Labute approximate surface area is 272 Å². The number of nitrogens with zero attached hydrogens (tertiary/aromatic N) is 4. The van der Waals surface area contributed by atoms with Gasteiger partial charge < -0.3 is 19.5 Å². The summed E-state index contributed by atoms with van der Waals surface area (Å²) in [6.45, 7) is 7.80. The summed E-state index contributed by atoms with van der Waals surface area (Å²) >= 11 is 2.30. The van der Waals surface area contributed by atoms with E-state index in [1.165, 1.54) is 5.56 Å². The van der Waals surface area contributed by atoms with Crippen LogP contribution in [0.5, 0.6) is 5.75 Å². The van der Waals surface area contributed by atoms with Crippen molar-refractivity contribution >= 4 is 34.2 Å². The Morgan fingerprint density at radius 1 is 1.07 bits per heavy atom. The molecule has 1 saturated heterocycles. The molecule has 1 fully saturated rings. The Kier molecular flexibility index (Phi) is 8.56. The summed E-state index contributed by atoms with van der Waals surface area (Å²) in [6, 6.07) is 24.7. The molecule has 1 aromatic heterocycles. The van der Waals surface area contributed by atoms with Crippen LogP contribution < -0.4 is 9.64 Å².